The first-order valence-electron chi connectivity index (χ1n) is 24.4. The molecule has 0 aromatic rings. The molecule has 1 atom stereocenters. The fourth-order valence-corrected chi connectivity index (χ4v) is 5.86. The minimum atomic E-state index is -0.834. The molecule has 0 heterocycles. The average molecular weight is 867 g/mol. The standard InChI is InChI=1S/C57H86O6/c1-4-7-10-13-16-19-22-25-27-28-30-32-35-38-41-44-47-50-56(59)62-53-54(52-61-55(58)49-46-43-40-37-34-31-24-21-18-15-12-9-6-3)63-57(60)51-48-45-42-39-36-33-29-26-23-20-17-14-11-8-5-2/h8-9,11-12,14-21,23-27,29-32,34,38,41,54H,4-7,10,13,22,28,33,35-37,39-40,42-53H2,1-3H3/b11-8-,12-9-,17-14-,18-15-,19-16-,23-20-,24-21-,27-25-,29-26-,32-30-,34-31-,41-38-. The number of carbonyl (C=O) groups is 3. The monoisotopic (exact) mass is 867 g/mol. The Morgan fingerprint density at radius 1 is 0.349 bits per heavy atom. The first kappa shape index (κ1) is 58.3. The molecule has 0 aliphatic carbocycles. The molecule has 0 aliphatic rings. The molecule has 0 spiro atoms. The van der Waals surface area contributed by atoms with Gasteiger partial charge in [0.15, 0.2) is 6.10 Å². The van der Waals surface area contributed by atoms with E-state index in [4.69, 9.17) is 14.2 Å². The molecule has 1 unspecified atom stereocenters. The number of ether oxygens (including phenoxy) is 3. The molecule has 0 N–H and O–H groups in total. The number of hydrogen-bond donors (Lipinski definition) is 0. The molecule has 0 aliphatic heterocycles. The molecular formula is C57H86O6. The summed E-state index contributed by atoms with van der Waals surface area (Å²) >= 11 is 0. The van der Waals surface area contributed by atoms with Gasteiger partial charge in [-0.05, 0) is 96.3 Å². The first-order valence-corrected chi connectivity index (χ1v) is 24.4. The molecule has 6 heteroatoms. The summed E-state index contributed by atoms with van der Waals surface area (Å²) in [5.41, 5.74) is 0. The zero-order valence-corrected chi connectivity index (χ0v) is 39.8. The molecule has 0 fully saturated rings. The van der Waals surface area contributed by atoms with Crippen LogP contribution in [0.2, 0.25) is 0 Å². The van der Waals surface area contributed by atoms with E-state index < -0.39 is 6.10 Å². The molecule has 0 aromatic carbocycles. The van der Waals surface area contributed by atoms with Gasteiger partial charge in [0.25, 0.3) is 0 Å². The van der Waals surface area contributed by atoms with E-state index in [1.165, 1.54) is 25.7 Å². The van der Waals surface area contributed by atoms with Gasteiger partial charge in [0.2, 0.25) is 0 Å². The van der Waals surface area contributed by atoms with E-state index >= 15 is 0 Å². The molecule has 0 radical (unpaired) electrons. The van der Waals surface area contributed by atoms with Gasteiger partial charge >= 0.3 is 17.9 Å². The third kappa shape index (κ3) is 48.2. The van der Waals surface area contributed by atoms with Crippen molar-refractivity contribution in [2.75, 3.05) is 13.2 Å². The van der Waals surface area contributed by atoms with Crippen LogP contribution >= 0.6 is 0 Å². The van der Waals surface area contributed by atoms with Gasteiger partial charge in [0.1, 0.15) is 13.2 Å². The van der Waals surface area contributed by atoms with Crippen molar-refractivity contribution in [3.63, 3.8) is 0 Å². The minimum Gasteiger partial charge on any atom is -0.462 e. The van der Waals surface area contributed by atoms with Crippen LogP contribution in [0.1, 0.15) is 175 Å². The first-order chi connectivity index (χ1) is 31.0. The lowest BCUT2D eigenvalue weighted by Crippen LogP contribution is -2.30. The maximum Gasteiger partial charge on any atom is 0.306 e. The number of unbranched alkanes of at least 4 members (excludes halogenated alkanes) is 12. The Hall–Kier alpha value is -4.71. The van der Waals surface area contributed by atoms with Crippen molar-refractivity contribution in [2.24, 2.45) is 0 Å². The smallest absolute Gasteiger partial charge is 0.306 e. The fourth-order valence-electron chi connectivity index (χ4n) is 5.86. The lowest BCUT2D eigenvalue weighted by Gasteiger charge is -2.18. The molecule has 0 rings (SSSR count). The Bertz CT molecular complexity index is 1460. The van der Waals surface area contributed by atoms with Crippen molar-refractivity contribution in [3.05, 3.63) is 146 Å². The zero-order chi connectivity index (χ0) is 45.8. The second-order valence-electron chi connectivity index (χ2n) is 15.4. The molecule has 0 bridgehead atoms. The Labute approximate surface area is 385 Å². The molecule has 350 valence electrons. The van der Waals surface area contributed by atoms with Crippen LogP contribution in [0.3, 0.4) is 0 Å². The normalized spacial score (nSPS) is 13.4. The summed E-state index contributed by atoms with van der Waals surface area (Å²) in [6.07, 6.45) is 71.2. The van der Waals surface area contributed by atoms with E-state index in [9.17, 15) is 14.4 Å². The predicted octanol–water partition coefficient (Wildman–Crippen LogP) is 16.1. The zero-order valence-electron chi connectivity index (χ0n) is 39.8. The predicted molar refractivity (Wildman–Crippen MR) is 269 cm³/mol. The summed E-state index contributed by atoms with van der Waals surface area (Å²) in [5, 5.41) is 0. The molecule has 0 aromatic heterocycles. The third-order valence-electron chi connectivity index (χ3n) is 9.50. The van der Waals surface area contributed by atoms with Gasteiger partial charge < -0.3 is 14.2 Å². The molecular weight excluding hydrogens is 781 g/mol. The third-order valence-corrected chi connectivity index (χ3v) is 9.50. The van der Waals surface area contributed by atoms with E-state index in [2.05, 4.69) is 106 Å². The molecule has 63 heavy (non-hydrogen) atoms. The Morgan fingerprint density at radius 2 is 0.698 bits per heavy atom. The van der Waals surface area contributed by atoms with Gasteiger partial charge in [-0.15, -0.1) is 0 Å². The number of carbonyl (C=O) groups excluding carboxylic acids is 3. The van der Waals surface area contributed by atoms with Gasteiger partial charge in [-0.2, -0.15) is 0 Å². The van der Waals surface area contributed by atoms with Crippen molar-refractivity contribution >= 4 is 17.9 Å². The Balaban J connectivity index is 4.62. The quantitative estimate of drug-likeness (QED) is 0.0200. The highest BCUT2D eigenvalue weighted by Crippen LogP contribution is 2.11. The Morgan fingerprint density at radius 3 is 1.19 bits per heavy atom. The van der Waals surface area contributed by atoms with Crippen LogP contribution < -0.4 is 0 Å². The van der Waals surface area contributed by atoms with Crippen LogP contribution in [0.5, 0.6) is 0 Å². The van der Waals surface area contributed by atoms with Crippen LogP contribution in [-0.4, -0.2) is 37.2 Å². The van der Waals surface area contributed by atoms with Crippen LogP contribution in [0, 0.1) is 0 Å². The highest BCUT2D eigenvalue weighted by molar-refractivity contribution is 5.71. The number of allylic oxidation sites excluding steroid dienone is 24. The van der Waals surface area contributed by atoms with E-state index in [0.717, 1.165) is 103 Å². The van der Waals surface area contributed by atoms with Gasteiger partial charge in [0.05, 0.1) is 0 Å². The van der Waals surface area contributed by atoms with Crippen molar-refractivity contribution in [3.8, 4) is 0 Å². The van der Waals surface area contributed by atoms with Crippen LogP contribution in [-0.2, 0) is 28.6 Å². The summed E-state index contributed by atoms with van der Waals surface area (Å²) in [4.78, 5) is 37.9. The van der Waals surface area contributed by atoms with Gasteiger partial charge in [-0.25, -0.2) is 0 Å². The summed E-state index contributed by atoms with van der Waals surface area (Å²) in [5.74, 6) is -1.06. The second-order valence-corrected chi connectivity index (χ2v) is 15.4. The number of esters is 3. The number of hydrogen-bond acceptors (Lipinski definition) is 6. The minimum absolute atomic E-state index is 0.132. The van der Waals surface area contributed by atoms with Crippen LogP contribution in [0.25, 0.3) is 0 Å². The summed E-state index contributed by atoms with van der Waals surface area (Å²) < 4.78 is 16.7. The summed E-state index contributed by atoms with van der Waals surface area (Å²) in [7, 11) is 0. The average Bonchev–Trinajstić information content (AvgIpc) is 3.28. The lowest BCUT2D eigenvalue weighted by molar-refractivity contribution is -0.167. The van der Waals surface area contributed by atoms with Crippen molar-refractivity contribution in [2.45, 2.75) is 181 Å². The highest BCUT2D eigenvalue weighted by atomic mass is 16.6. The van der Waals surface area contributed by atoms with Gasteiger partial charge in [0, 0.05) is 19.3 Å². The number of rotatable bonds is 41. The molecule has 0 saturated heterocycles. The van der Waals surface area contributed by atoms with Crippen LogP contribution in [0.4, 0.5) is 0 Å². The van der Waals surface area contributed by atoms with Gasteiger partial charge in [-0.3, -0.25) is 14.4 Å². The van der Waals surface area contributed by atoms with E-state index in [0.29, 0.717) is 12.8 Å². The summed E-state index contributed by atoms with van der Waals surface area (Å²) in [6, 6.07) is 0. The topological polar surface area (TPSA) is 78.9 Å². The van der Waals surface area contributed by atoms with E-state index in [-0.39, 0.29) is 44.0 Å². The van der Waals surface area contributed by atoms with E-state index in [1.54, 1.807) is 0 Å². The molecule has 0 saturated carbocycles. The highest BCUT2D eigenvalue weighted by Gasteiger charge is 2.19. The van der Waals surface area contributed by atoms with E-state index in [1.807, 2.05) is 60.8 Å². The fraction of sp³-hybridized carbons (Fsp3) is 0.526. The van der Waals surface area contributed by atoms with Crippen LogP contribution in [0.15, 0.2) is 146 Å². The Kier molecular flexibility index (Phi) is 46.2. The van der Waals surface area contributed by atoms with Gasteiger partial charge in [-0.1, -0.05) is 205 Å². The molecule has 0 amide bonds. The molecule has 6 nitrogen and oxygen atoms in total. The largest absolute Gasteiger partial charge is 0.462 e. The SMILES string of the molecule is CC\C=C/C=C\C=C/C=C\CCCCCCCC(=O)OC(COC(=O)CCC/C=C\C/C=C\C/C=C\C/C=C\CCCCC)COC(=O)CCCCC\C=C/C=C\C=C/C=C\CC. The second kappa shape index (κ2) is 49.9. The maximum absolute atomic E-state index is 12.8. The lowest BCUT2D eigenvalue weighted by atomic mass is 10.1. The summed E-state index contributed by atoms with van der Waals surface area (Å²) in [6.45, 7) is 6.19. The van der Waals surface area contributed by atoms with Crippen molar-refractivity contribution < 1.29 is 28.6 Å². The van der Waals surface area contributed by atoms with Crippen molar-refractivity contribution in [1.82, 2.24) is 0 Å². The van der Waals surface area contributed by atoms with Crippen molar-refractivity contribution in [1.29, 1.82) is 0 Å². The maximum atomic E-state index is 12.8.